The minimum absolute atomic E-state index is 0. The predicted octanol–water partition coefficient (Wildman–Crippen LogP) is 6.67. The Bertz CT molecular complexity index is 513. The Morgan fingerprint density at radius 2 is 1.00 bits per heavy atom. The van der Waals surface area contributed by atoms with E-state index in [0.29, 0.717) is 0 Å². The maximum atomic E-state index is 9.87. The summed E-state index contributed by atoms with van der Waals surface area (Å²) in [7, 11) is -10.7. The van der Waals surface area contributed by atoms with Crippen LogP contribution in [-0.4, -0.2) is 9.97 Å². The van der Waals surface area contributed by atoms with E-state index in [1.54, 1.807) is 0 Å². The van der Waals surface area contributed by atoms with Crippen molar-refractivity contribution in [3.05, 3.63) is 60.2 Å². The summed E-state index contributed by atoms with van der Waals surface area (Å²) in [6.45, 7) is 4.20. The molecule has 0 saturated carbocycles. The minimum atomic E-state index is -10.7. The van der Waals surface area contributed by atoms with Gasteiger partial charge in [0.2, 0.25) is 0 Å². The second-order valence-electron chi connectivity index (χ2n) is 4.31. The van der Waals surface area contributed by atoms with Crippen molar-refractivity contribution in [1.82, 2.24) is 9.97 Å². The first-order chi connectivity index (χ1) is 10.3. The van der Waals surface area contributed by atoms with Gasteiger partial charge in [-0.05, 0) is 37.1 Å². The van der Waals surface area contributed by atoms with E-state index in [1.165, 1.54) is 0 Å². The Morgan fingerprint density at radius 3 is 1.12 bits per heavy atom. The molecule has 24 heavy (non-hydrogen) atoms. The SMILES string of the molecule is CCc1ccccn1.CCc1ccccn1.F[P-](F)(F)(F)(F)F.[Ag+]. The first kappa shape index (κ1) is 25.3. The summed E-state index contributed by atoms with van der Waals surface area (Å²) >= 11 is 0. The van der Waals surface area contributed by atoms with Crippen molar-refractivity contribution in [2.45, 2.75) is 26.7 Å². The van der Waals surface area contributed by atoms with Crippen LogP contribution in [0.4, 0.5) is 25.2 Å². The molecule has 0 unspecified atom stereocenters. The van der Waals surface area contributed by atoms with E-state index in [9.17, 15) is 25.2 Å². The van der Waals surface area contributed by atoms with Gasteiger partial charge < -0.3 is 0 Å². The monoisotopic (exact) mass is 466 g/mol. The molecule has 0 radical (unpaired) electrons. The van der Waals surface area contributed by atoms with E-state index in [2.05, 4.69) is 23.8 Å². The Kier molecular flexibility index (Phi) is 10.0. The first-order valence-corrected chi connectivity index (χ1v) is 8.70. The van der Waals surface area contributed by atoms with Gasteiger partial charge in [0.15, 0.2) is 0 Å². The fraction of sp³-hybridized carbons (Fsp3) is 0.286. The van der Waals surface area contributed by atoms with Crippen LogP contribution >= 0.6 is 7.81 Å². The van der Waals surface area contributed by atoms with Crippen molar-refractivity contribution in [2.75, 3.05) is 0 Å². The zero-order valence-corrected chi connectivity index (χ0v) is 15.3. The molecule has 0 atom stereocenters. The third-order valence-corrected chi connectivity index (χ3v) is 2.18. The number of aromatic nitrogens is 2. The van der Waals surface area contributed by atoms with E-state index in [0.717, 1.165) is 24.2 Å². The van der Waals surface area contributed by atoms with E-state index < -0.39 is 7.81 Å². The van der Waals surface area contributed by atoms with Crippen LogP contribution in [0, 0.1) is 0 Å². The molecule has 0 aromatic carbocycles. The number of halogens is 6. The molecule has 2 heterocycles. The van der Waals surface area contributed by atoms with Crippen LogP contribution < -0.4 is 0 Å². The second kappa shape index (κ2) is 9.51. The molecule has 2 nitrogen and oxygen atoms in total. The summed E-state index contributed by atoms with van der Waals surface area (Å²) in [4.78, 5) is 8.19. The number of aryl methyl sites for hydroxylation is 2. The summed E-state index contributed by atoms with van der Waals surface area (Å²) in [6.07, 6.45) is 5.69. The zero-order valence-electron chi connectivity index (χ0n) is 12.9. The molecule has 0 aliphatic carbocycles. The maximum absolute atomic E-state index is 10.7. The van der Waals surface area contributed by atoms with Crippen molar-refractivity contribution in [3.63, 3.8) is 0 Å². The maximum Gasteiger partial charge on any atom is 1.00 e. The largest absolute Gasteiger partial charge is 1.00 e. The molecule has 0 amide bonds. The Hall–Kier alpha value is -0.950. The van der Waals surface area contributed by atoms with Gasteiger partial charge in [0.1, 0.15) is 0 Å². The first-order valence-electron chi connectivity index (χ1n) is 6.68. The van der Waals surface area contributed by atoms with Crippen LogP contribution in [0.1, 0.15) is 25.2 Å². The molecule has 0 spiro atoms. The summed E-state index contributed by atoms with van der Waals surface area (Å²) in [5, 5.41) is 0. The van der Waals surface area contributed by atoms with E-state index in [-0.39, 0.29) is 22.4 Å². The molecular weight excluding hydrogens is 449 g/mol. The van der Waals surface area contributed by atoms with Crippen molar-refractivity contribution in [1.29, 1.82) is 0 Å². The van der Waals surface area contributed by atoms with Crippen LogP contribution in [0.25, 0.3) is 0 Å². The number of rotatable bonds is 2. The van der Waals surface area contributed by atoms with Gasteiger partial charge in [-0.2, -0.15) is 0 Å². The Labute approximate surface area is 152 Å². The van der Waals surface area contributed by atoms with Gasteiger partial charge in [-0.3, -0.25) is 9.97 Å². The molecule has 0 aliphatic rings. The predicted molar refractivity (Wildman–Crippen MR) is 80.8 cm³/mol. The molecule has 0 bridgehead atoms. The smallest absolute Gasteiger partial charge is 1.00 e. The second-order valence-corrected chi connectivity index (χ2v) is 6.22. The molecule has 0 aliphatic heterocycles. The molecule has 2 rings (SSSR count). The zero-order chi connectivity index (χ0) is 18.0. The number of hydrogen-bond acceptors (Lipinski definition) is 2. The summed E-state index contributed by atoms with van der Waals surface area (Å²) < 4.78 is 59.2. The number of hydrogen-bond donors (Lipinski definition) is 0. The number of nitrogens with zero attached hydrogens (tertiary/aromatic N) is 2. The molecule has 0 N–H and O–H groups in total. The van der Waals surface area contributed by atoms with Gasteiger partial charge in [-0.15, -0.1) is 0 Å². The Balaban J connectivity index is 0. The molecule has 142 valence electrons. The van der Waals surface area contributed by atoms with Crippen molar-refractivity contribution >= 4 is 7.81 Å². The van der Waals surface area contributed by atoms with Crippen molar-refractivity contribution < 1.29 is 47.6 Å². The van der Waals surface area contributed by atoms with Gasteiger partial charge in [0.05, 0.1) is 0 Å². The summed E-state index contributed by atoms with van der Waals surface area (Å²) in [5.41, 5.74) is 2.32. The normalized spacial score (nSPS) is 12.8. The van der Waals surface area contributed by atoms with Crippen molar-refractivity contribution in [3.8, 4) is 0 Å². The fourth-order valence-corrected chi connectivity index (χ4v) is 1.21. The van der Waals surface area contributed by atoms with E-state index >= 15 is 0 Å². The minimum Gasteiger partial charge on any atom is 1.00 e. The van der Waals surface area contributed by atoms with E-state index in [1.807, 2.05) is 48.8 Å². The average molecular weight is 467 g/mol. The number of pyridine rings is 2. The van der Waals surface area contributed by atoms with Gasteiger partial charge in [-0.25, -0.2) is 0 Å². The van der Waals surface area contributed by atoms with Gasteiger partial charge >= 0.3 is 55.4 Å². The van der Waals surface area contributed by atoms with E-state index in [4.69, 9.17) is 0 Å². The molecule has 2 aromatic rings. The van der Waals surface area contributed by atoms with Gasteiger partial charge in [0, 0.05) is 23.8 Å². The van der Waals surface area contributed by atoms with Crippen molar-refractivity contribution in [2.24, 2.45) is 0 Å². The fourth-order valence-electron chi connectivity index (χ4n) is 1.21. The van der Waals surface area contributed by atoms with Gasteiger partial charge in [0.25, 0.3) is 0 Å². The van der Waals surface area contributed by atoms with Gasteiger partial charge in [-0.1, -0.05) is 26.0 Å². The van der Waals surface area contributed by atoms with Crippen LogP contribution in [0.3, 0.4) is 0 Å². The molecular formula is C14H18AgF6N2P. The standard InChI is InChI=1S/2C7H9N.Ag.F6P/c2*1-2-7-5-3-4-6-8-7;;1-7(2,3,4,5)6/h2*3-6H,2H2,1H3;;/q;;+1;-1. The molecule has 10 heteroatoms. The summed E-state index contributed by atoms with van der Waals surface area (Å²) in [5.74, 6) is 0. The van der Waals surface area contributed by atoms with Crippen LogP contribution in [0.15, 0.2) is 48.8 Å². The van der Waals surface area contributed by atoms with Crippen LogP contribution in [0.5, 0.6) is 0 Å². The average Bonchev–Trinajstić information content (AvgIpc) is 2.46. The van der Waals surface area contributed by atoms with Crippen LogP contribution in [0.2, 0.25) is 0 Å². The quantitative estimate of drug-likeness (QED) is 0.280. The topological polar surface area (TPSA) is 25.8 Å². The summed E-state index contributed by atoms with van der Waals surface area (Å²) in [6, 6.07) is 11.9. The third kappa shape index (κ3) is 23.3. The Morgan fingerprint density at radius 1 is 0.708 bits per heavy atom. The molecule has 2 aromatic heterocycles. The third-order valence-electron chi connectivity index (χ3n) is 2.18. The molecule has 0 saturated heterocycles. The molecule has 0 fully saturated rings. The van der Waals surface area contributed by atoms with Crippen LogP contribution in [-0.2, 0) is 35.2 Å².